The topological polar surface area (TPSA) is 79.1 Å². The Hall–Kier alpha value is -3.47. The fraction of sp³-hybridized carbons (Fsp3) is 0.219. The number of hydrogen-bond acceptors (Lipinski definition) is 7. The van der Waals surface area contributed by atoms with Gasteiger partial charge in [0.25, 0.3) is 5.56 Å². The molecule has 2 heterocycles. The molecule has 1 atom stereocenters. The molecule has 0 N–H and O–H groups in total. The van der Waals surface area contributed by atoms with Crippen LogP contribution in [0.5, 0.6) is 11.5 Å². The number of nitrogens with zero attached hydrogens (tertiary/aromatic N) is 2. The summed E-state index contributed by atoms with van der Waals surface area (Å²) in [6.45, 7) is 6.48. The highest BCUT2D eigenvalue weighted by Crippen LogP contribution is 2.36. The summed E-state index contributed by atoms with van der Waals surface area (Å²) in [6.07, 6.45) is 1.82. The average Bonchev–Trinajstić information content (AvgIpc) is 3.27. The van der Waals surface area contributed by atoms with Crippen molar-refractivity contribution < 1.29 is 19.0 Å². The molecule has 0 fully saturated rings. The van der Waals surface area contributed by atoms with E-state index in [1.165, 1.54) is 11.3 Å². The van der Waals surface area contributed by atoms with Crippen LogP contribution in [0.15, 0.2) is 96.7 Å². The number of carbonyl (C=O) groups is 1. The highest BCUT2D eigenvalue weighted by molar-refractivity contribution is 9.10. The van der Waals surface area contributed by atoms with Crippen molar-refractivity contribution in [2.75, 3.05) is 13.2 Å². The molecule has 42 heavy (non-hydrogen) atoms. The zero-order valence-electron chi connectivity index (χ0n) is 23.2. The van der Waals surface area contributed by atoms with E-state index < -0.39 is 12.0 Å². The Balaban J connectivity index is 1.54. The Morgan fingerprint density at radius 1 is 1.00 bits per heavy atom. The monoisotopic (exact) mass is 710 g/mol. The van der Waals surface area contributed by atoms with Crippen molar-refractivity contribution in [1.29, 1.82) is 0 Å². The fourth-order valence-corrected chi connectivity index (χ4v) is 6.52. The minimum absolute atomic E-state index is 0.206. The van der Waals surface area contributed by atoms with Crippen LogP contribution in [0.25, 0.3) is 6.08 Å². The lowest BCUT2D eigenvalue weighted by molar-refractivity contribution is -0.139. The molecular formula is C32H28Br2N2O5S. The van der Waals surface area contributed by atoms with Crippen molar-refractivity contribution in [3.63, 3.8) is 0 Å². The van der Waals surface area contributed by atoms with Crippen molar-refractivity contribution in [2.24, 2.45) is 4.99 Å². The second-order valence-corrected chi connectivity index (χ2v) is 12.2. The standard InChI is InChI=1S/C32H28Br2N2O5S/c1-4-39-25-9-7-6-8-23(25)29-28(31(38)40-5-2)19(3)35-32-36(29)30(37)27(42-32)17-21-12-15-26(24(34)16-21)41-18-20-10-13-22(33)14-11-20/h6-17,29H,4-5,18H2,1-3H3/b27-17-/t29-/m0/s1. The Morgan fingerprint density at radius 2 is 1.76 bits per heavy atom. The molecule has 0 bridgehead atoms. The number of hydrogen-bond donors (Lipinski definition) is 0. The zero-order chi connectivity index (χ0) is 29.8. The number of ether oxygens (including phenoxy) is 3. The van der Waals surface area contributed by atoms with Gasteiger partial charge in [-0.1, -0.05) is 63.7 Å². The maximum absolute atomic E-state index is 14.0. The normalized spacial score (nSPS) is 14.8. The number of rotatable bonds is 9. The van der Waals surface area contributed by atoms with Gasteiger partial charge in [0.05, 0.1) is 33.5 Å². The second kappa shape index (κ2) is 13.2. The second-order valence-electron chi connectivity index (χ2n) is 9.38. The highest BCUT2D eigenvalue weighted by Gasteiger charge is 2.35. The summed E-state index contributed by atoms with van der Waals surface area (Å²) in [5, 5.41) is 0. The molecule has 10 heteroatoms. The van der Waals surface area contributed by atoms with Crippen LogP contribution in [0.3, 0.4) is 0 Å². The Bertz CT molecular complexity index is 1840. The molecule has 1 aromatic heterocycles. The molecule has 7 nitrogen and oxygen atoms in total. The van der Waals surface area contributed by atoms with E-state index in [-0.39, 0.29) is 12.2 Å². The van der Waals surface area contributed by atoms with E-state index in [0.717, 1.165) is 20.1 Å². The van der Waals surface area contributed by atoms with Gasteiger partial charge in [0, 0.05) is 10.0 Å². The first kappa shape index (κ1) is 30.0. The van der Waals surface area contributed by atoms with Gasteiger partial charge in [-0.05, 0) is 84.2 Å². The quantitative estimate of drug-likeness (QED) is 0.191. The SMILES string of the molecule is CCOC(=O)C1=C(C)N=c2s/c(=C\c3ccc(OCc4ccc(Br)cc4)c(Br)c3)c(=O)n2[C@H]1c1ccccc1OCC. The Kier molecular flexibility index (Phi) is 9.45. The summed E-state index contributed by atoms with van der Waals surface area (Å²) in [5.41, 5.74) is 3.13. The van der Waals surface area contributed by atoms with Crippen LogP contribution in [0.1, 0.15) is 43.5 Å². The maximum Gasteiger partial charge on any atom is 0.338 e. The predicted octanol–water partition coefficient (Wildman–Crippen LogP) is 6.30. The molecule has 5 rings (SSSR count). The highest BCUT2D eigenvalue weighted by atomic mass is 79.9. The van der Waals surface area contributed by atoms with Crippen molar-refractivity contribution in [3.05, 3.63) is 123 Å². The minimum atomic E-state index is -0.744. The van der Waals surface area contributed by atoms with Crippen molar-refractivity contribution >= 4 is 55.2 Å². The predicted molar refractivity (Wildman–Crippen MR) is 171 cm³/mol. The largest absolute Gasteiger partial charge is 0.494 e. The van der Waals surface area contributed by atoms with Gasteiger partial charge in [-0.15, -0.1) is 0 Å². The smallest absolute Gasteiger partial charge is 0.338 e. The van der Waals surface area contributed by atoms with Gasteiger partial charge in [-0.3, -0.25) is 9.36 Å². The number of halogens is 2. The molecule has 3 aromatic carbocycles. The first-order valence-electron chi connectivity index (χ1n) is 13.4. The van der Waals surface area contributed by atoms with Crippen LogP contribution in [0.4, 0.5) is 0 Å². The van der Waals surface area contributed by atoms with E-state index in [1.807, 2.05) is 79.7 Å². The summed E-state index contributed by atoms with van der Waals surface area (Å²) in [5.74, 6) is 0.782. The van der Waals surface area contributed by atoms with Gasteiger partial charge < -0.3 is 14.2 Å². The molecule has 0 radical (unpaired) electrons. The molecule has 0 aliphatic carbocycles. The molecule has 1 aliphatic rings. The van der Waals surface area contributed by atoms with Gasteiger partial charge >= 0.3 is 5.97 Å². The van der Waals surface area contributed by atoms with Crippen LogP contribution in [0.2, 0.25) is 0 Å². The number of thiazole rings is 1. The molecule has 1 aliphatic heterocycles. The summed E-state index contributed by atoms with van der Waals surface area (Å²) >= 11 is 8.33. The number of fused-ring (bicyclic) bond motifs is 1. The average molecular weight is 712 g/mol. The summed E-state index contributed by atoms with van der Waals surface area (Å²) < 4.78 is 21.1. The van der Waals surface area contributed by atoms with Crippen molar-refractivity contribution in [2.45, 2.75) is 33.4 Å². The number of allylic oxidation sites excluding steroid dienone is 1. The van der Waals surface area contributed by atoms with Crippen molar-refractivity contribution in [1.82, 2.24) is 4.57 Å². The van der Waals surface area contributed by atoms with Gasteiger partial charge in [-0.25, -0.2) is 9.79 Å². The third-order valence-electron chi connectivity index (χ3n) is 6.59. The number of benzene rings is 3. The number of carbonyl (C=O) groups excluding carboxylic acids is 1. The van der Waals surface area contributed by atoms with Crippen molar-refractivity contribution in [3.8, 4) is 11.5 Å². The van der Waals surface area contributed by atoms with E-state index in [0.29, 0.717) is 50.9 Å². The fourth-order valence-electron chi connectivity index (χ4n) is 4.70. The first-order chi connectivity index (χ1) is 20.3. The lowest BCUT2D eigenvalue weighted by Crippen LogP contribution is -2.40. The Morgan fingerprint density at radius 3 is 2.48 bits per heavy atom. The summed E-state index contributed by atoms with van der Waals surface area (Å²) in [4.78, 5) is 32.3. The number of aromatic nitrogens is 1. The van der Waals surface area contributed by atoms with E-state index >= 15 is 0 Å². The van der Waals surface area contributed by atoms with Gasteiger partial charge in [0.2, 0.25) is 0 Å². The molecular weight excluding hydrogens is 684 g/mol. The number of para-hydroxylation sites is 1. The van der Waals surface area contributed by atoms with Gasteiger partial charge in [-0.2, -0.15) is 0 Å². The van der Waals surface area contributed by atoms with Crippen LogP contribution >= 0.6 is 43.2 Å². The molecule has 0 amide bonds. The van der Waals surface area contributed by atoms with E-state index in [4.69, 9.17) is 14.2 Å². The van der Waals surface area contributed by atoms with Crippen LogP contribution in [0, 0.1) is 0 Å². The number of esters is 1. The van der Waals surface area contributed by atoms with E-state index in [9.17, 15) is 9.59 Å². The molecule has 0 saturated heterocycles. The molecule has 4 aromatic rings. The third kappa shape index (κ3) is 6.30. The first-order valence-corrected chi connectivity index (χ1v) is 15.8. The Labute approximate surface area is 264 Å². The molecule has 0 unspecified atom stereocenters. The molecule has 216 valence electrons. The molecule has 0 saturated carbocycles. The summed E-state index contributed by atoms with van der Waals surface area (Å²) in [6, 6.07) is 20.3. The lowest BCUT2D eigenvalue weighted by Gasteiger charge is -2.26. The maximum atomic E-state index is 14.0. The van der Waals surface area contributed by atoms with Gasteiger partial charge in [0.15, 0.2) is 4.80 Å². The summed E-state index contributed by atoms with van der Waals surface area (Å²) in [7, 11) is 0. The minimum Gasteiger partial charge on any atom is -0.494 e. The van der Waals surface area contributed by atoms with E-state index in [1.54, 1.807) is 18.4 Å². The lowest BCUT2D eigenvalue weighted by atomic mass is 9.95. The van der Waals surface area contributed by atoms with Crippen LogP contribution < -0.4 is 24.4 Å². The van der Waals surface area contributed by atoms with Crippen LogP contribution in [-0.4, -0.2) is 23.8 Å². The molecule has 0 spiro atoms. The van der Waals surface area contributed by atoms with Crippen LogP contribution in [-0.2, 0) is 16.1 Å². The third-order valence-corrected chi connectivity index (χ3v) is 8.72. The van der Waals surface area contributed by atoms with Gasteiger partial charge in [0.1, 0.15) is 24.1 Å². The zero-order valence-corrected chi connectivity index (χ0v) is 27.2. The van der Waals surface area contributed by atoms with E-state index in [2.05, 4.69) is 36.9 Å².